The summed E-state index contributed by atoms with van der Waals surface area (Å²) in [6.07, 6.45) is 5.04. The van der Waals surface area contributed by atoms with Crippen molar-refractivity contribution in [3.63, 3.8) is 0 Å². The van der Waals surface area contributed by atoms with Crippen molar-refractivity contribution in [1.29, 1.82) is 5.26 Å². The van der Waals surface area contributed by atoms with Crippen molar-refractivity contribution in [3.05, 3.63) is 74.7 Å². The molecule has 3 nitrogen and oxygen atoms in total. The van der Waals surface area contributed by atoms with Crippen molar-refractivity contribution in [2.24, 2.45) is 0 Å². The third-order valence-corrected chi connectivity index (χ3v) is 3.69. The smallest absolute Gasteiger partial charge is 0.266 e. The molecule has 0 aromatic heterocycles. The number of hydrogen-bond donors (Lipinski definition) is 1. The van der Waals surface area contributed by atoms with E-state index in [4.69, 9.17) is 34.8 Å². The fraction of sp³-hybridized carbons (Fsp3) is 0.0588. The Bertz CT molecular complexity index is 801. The highest BCUT2D eigenvalue weighted by atomic mass is 35.5. The predicted molar refractivity (Wildman–Crippen MR) is 96.3 cm³/mol. The Morgan fingerprint density at radius 2 is 2.00 bits per heavy atom. The van der Waals surface area contributed by atoms with Crippen LogP contribution in [-0.4, -0.2) is 5.91 Å². The van der Waals surface area contributed by atoms with E-state index in [1.807, 2.05) is 0 Å². The fourth-order valence-corrected chi connectivity index (χ4v) is 2.22. The van der Waals surface area contributed by atoms with Crippen LogP contribution >= 0.6 is 34.8 Å². The predicted octanol–water partition coefficient (Wildman–Crippen LogP) is 5.61. The molecule has 124 valence electrons. The molecule has 0 aliphatic heterocycles. The molecule has 1 rings (SSSR count). The highest BCUT2D eigenvalue weighted by Gasteiger charge is 2.12. The van der Waals surface area contributed by atoms with Gasteiger partial charge in [-0.1, -0.05) is 41.4 Å². The molecule has 1 N–H and O–H groups in total. The van der Waals surface area contributed by atoms with Crippen LogP contribution in [0.25, 0.3) is 6.08 Å². The Morgan fingerprint density at radius 1 is 1.33 bits per heavy atom. The van der Waals surface area contributed by atoms with Gasteiger partial charge in [-0.05, 0) is 48.9 Å². The van der Waals surface area contributed by atoms with Gasteiger partial charge in [-0.25, -0.2) is 4.39 Å². The Morgan fingerprint density at radius 3 is 2.54 bits per heavy atom. The van der Waals surface area contributed by atoms with Gasteiger partial charge in [0.15, 0.2) is 0 Å². The lowest BCUT2D eigenvalue weighted by Gasteiger charge is -2.06. The summed E-state index contributed by atoms with van der Waals surface area (Å²) in [5.41, 5.74) is 0.321. The Kier molecular flexibility index (Phi) is 7.73. The standard InChI is InChI=1S/C17H12Cl3FN2O/c1-3-14(5-4-10(2)21)23-17(24)12(9-22)6-11-7-13(18)8-15(19)16(11)20/h3-8H,1H2,2H3,(H,23,24)/b10-4+,12-6-,14-5+. The Labute approximate surface area is 154 Å². The zero-order valence-electron chi connectivity index (χ0n) is 12.5. The second-order valence-electron chi connectivity index (χ2n) is 4.49. The van der Waals surface area contributed by atoms with Gasteiger partial charge in [0.1, 0.15) is 11.6 Å². The van der Waals surface area contributed by atoms with Crippen LogP contribution in [0.3, 0.4) is 0 Å². The number of halogens is 4. The molecule has 0 unspecified atom stereocenters. The Hall–Kier alpha value is -2.06. The van der Waals surface area contributed by atoms with Gasteiger partial charge >= 0.3 is 0 Å². The largest absolute Gasteiger partial charge is 0.321 e. The molecular formula is C17H12Cl3FN2O. The molecule has 0 aliphatic rings. The van der Waals surface area contributed by atoms with Crippen LogP contribution in [0.2, 0.25) is 15.1 Å². The van der Waals surface area contributed by atoms with Gasteiger partial charge in [0.25, 0.3) is 5.91 Å². The third-order valence-electron chi connectivity index (χ3n) is 2.66. The van der Waals surface area contributed by atoms with Gasteiger partial charge in [0, 0.05) is 10.7 Å². The first-order valence-electron chi connectivity index (χ1n) is 6.52. The fourth-order valence-electron chi connectivity index (χ4n) is 1.55. The van der Waals surface area contributed by atoms with Crippen LogP contribution in [0, 0.1) is 11.3 Å². The summed E-state index contributed by atoms with van der Waals surface area (Å²) in [6.45, 7) is 4.76. The van der Waals surface area contributed by atoms with Gasteiger partial charge in [-0.3, -0.25) is 4.79 Å². The zero-order chi connectivity index (χ0) is 18.3. The number of amides is 1. The number of carbonyl (C=O) groups is 1. The minimum atomic E-state index is -0.708. The maximum absolute atomic E-state index is 12.7. The summed E-state index contributed by atoms with van der Waals surface area (Å²) in [5, 5.41) is 12.3. The van der Waals surface area contributed by atoms with E-state index in [0.29, 0.717) is 10.6 Å². The minimum Gasteiger partial charge on any atom is -0.321 e. The van der Waals surface area contributed by atoms with E-state index in [1.165, 1.54) is 37.3 Å². The molecule has 1 aromatic rings. The summed E-state index contributed by atoms with van der Waals surface area (Å²) >= 11 is 17.8. The molecule has 0 saturated heterocycles. The first-order chi connectivity index (χ1) is 11.3. The lowest BCUT2D eigenvalue weighted by molar-refractivity contribution is -0.116. The molecule has 0 fully saturated rings. The van der Waals surface area contributed by atoms with Gasteiger partial charge < -0.3 is 5.32 Å². The molecule has 0 bridgehead atoms. The highest BCUT2D eigenvalue weighted by molar-refractivity contribution is 6.44. The van der Waals surface area contributed by atoms with Crippen LogP contribution in [0.4, 0.5) is 4.39 Å². The van der Waals surface area contributed by atoms with E-state index in [-0.39, 0.29) is 21.3 Å². The molecule has 0 atom stereocenters. The topological polar surface area (TPSA) is 52.9 Å². The SMILES string of the molecule is C=C/C(=C\C=C(/C)F)NC(=O)/C(C#N)=C\c1cc(Cl)cc(Cl)c1Cl. The molecule has 0 heterocycles. The van der Waals surface area contributed by atoms with E-state index < -0.39 is 11.7 Å². The summed E-state index contributed by atoms with van der Waals surface area (Å²) < 4.78 is 12.7. The van der Waals surface area contributed by atoms with Crippen LogP contribution in [0.1, 0.15) is 12.5 Å². The number of nitriles is 1. The number of nitrogens with zero attached hydrogens (tertiary/aromatic N) is 1. The van der Waals surface area contributed by atoms with Gasteiger partial charge in [-0.2, -0.15) is 5.26 Å². The van der Waals surface area contributed by atoms with Gasteiger partial charge in [0.2, 0.25) is 0 Å². The third kappa shape index (κ3) is 5.86. The molecule has 0 spiro atoms. The average molecular weight is 386 g/mol. The average Bonchev–Trinajstić information content (AvgIpc) is 2.52. The van der Waals surface area contributed by atoms with E-state index >= 15 is 0 Å². The molecule has 0 radical (unpaired) electrons. The second kappa shape index (κ2) is 9.29. The normalized spacial score (nSPS) is 12.6. The lowest BCUT2D eigenvalue weighted by atomic mass is 10.1. The van der Waals surface area contributed by atoms with Crippen molar-refractivity contribution >= 4 is 46.8 Å². The van der Waals surface area contributed by atoms with Crippen molar-refractivity contribution in [2.75, 3.05) is 0 Å². The van der Waals surface area contributed by atoms with E-state index in [1.54, 1.807) is 6.07 Å². The van der Waals surface area contributed by atoms with Crippen molar-refractivity contribution in [3.8, 4) is 6.07 Å². The molecule has 0 saturated carbocycles. The number of rotatable bonds is 5. The number of allylic oxidation sites excluding steroid dienone is 4. The Balaban J connectivity index is 3.16. The van der Waals surface area contributed by atoms with Crippen molar-refractivity contribution < 1.29 is 9.18 Å². The summed E-state index contributed by atoms with van der Waals surface area (Å²) in [7, 11) is 0. The zero-order valence-corrected chi connectivity index (χ0v) is 14.8. The molecule has 1 amide bonds. The quantitative estimate of drug-likeness (QED) is 0.310. The lowest BCUT2D eigenvalue weighted by Crippen LogP contribution is -2.23. The van der Waals surface area contributed by atoms with Crippen molar-refractivity contribution in [2.45, 2.75) is 6.92 Å². The van der Waals surface area contributed by atoms with Crippen LogP contribution in [-0.2, 0) is 4.79 Å². The molecule has 0 aliphatic carbocycles. The van der Waals surface area contributed by atoms with E-state index in [0.717, 1.165) is 6.08 Å². The summed E-state index contributed by atoms with van der Waals surface area (Å²) in [6, 6.07) is 4.68. The van der Waals surface area contributed by atoms with Crippen LogP contribution < -0.4 is 5.32 Å². The molecular weight excluding hydrogens is 374 g/mol. The van der Waals surface area contributed by atoms with Crippen LogP contribution in [0.15, 0.2) is 54.0 Å². The maximum Gasteiger partial charge on any atom is 0.266 e. The summed E-state index contributed by atoms with van der Waals surface area (Å²) in [4.78, 5) is 12.2. The minimum absolute atomic E-state index is 0.164. The number of hydrogen-bond acceptors (Lipinski definition) is 2. The monoisotopic (exact) mass is 384 g/mol. The maximum atomic E-state index is 12.7. The van der Waals surface area contributed by atoms with Gasteiger partial charge in [0.05, 0.1) is 15.9 Å². The number of nitrogens with one attached hydrogen (secondary N) is 1. The van der Waals surface area contributed by atoms with Gasteiger partial charge in [-0.15, -0.1) is 0 Å². The number of carbonyl (C=O) groups excluding carboxylic acids is 1. The number of benzene rings is 1. The van der Waals surface area contributed by atoms with Crippen molar-refractivity contribution in [1.82, 2.24) is 5.32 Å². The molecule has 1 aromatic carbocycles. The first kappa shape index (κ1) is 20.0. The highest BCUT2D eigenvalue weighted by Crippen LogP contribution is 2.31. The first-order valence-corrected chi connectivity index (χ1v) is 7.66. The molecule has 7 heteroatoms. The van der Waals surface area contributed by atoms with E-state index in [9.17, 15) is 14.4 Å². The molecule has 24 heavy (non-hydrogen) atoms. The van der Waals surface area contributed by atoms with Crippen LogP contribution in [0.5, 0.6) is 0 Å². The second-order valence-corrected chi connectivity index (χ2v) is 5.72. The van der Waals surface area contributed by atoms with E-state index in [2.05, 4.69) is 11.9 Å². The summed E-state index contributed by atoms with van der Waals surface area (Å²) in [5.74, 6) is -1.15.